The molecule has 3 rings (SSSR count). The fourth-order valence-electron chi connectivity index (χ4n) is 3.85. The SMILES string of the molecule is CCCC1CCCN(C(=O)Cn2nc(C)c3ccccc3c2=O)CC1. The molecule has 0 saturated carbocycles. The van der Waals surface area contributed by atoms with Gasteiger partial charge >= 0.3 is 0 Å². The normalized spacial score (nSPS) is 18.3. The Kier molecular flexibility index (Phi) is 5.51. The molecule has 0 aliphatic carbocycles. The van der Waals surface area contributed by atoms with E-state index in [1.165, 1.54) is 23.9 Å². The third-order valence-electron chi connectivity index (χ3n) is 5.23. The van der Waals surface area contributed by atoms with Crippen molar-refractivity contribution in [2.75, 3.05) is 13.1 Å². The van der Waals surface area contributed by atoms with E-state index in [2.05, 4.69) is 12.0 Å². The zero-order valence-corrected chi connectivity index (χ0v) is 15.2. The predicted octanol–water partition coefficient (Wildman–Crippen LogP) is 3.13. The van der Waals surface area contributed by atoms with E-state index in [0.717, 1.165) is 42.9 Å². The lowest BCUT2D eigenvalue weighted by molar-refractivity contribution is -0.132. The molecule has 0 spiro atoms. The molecule has 0 N–H and O–H groups in total. The predicted molar refractivity (Wildman–Crippen MR) is 99.6 cm³/mol. The first-order chi connectivity index (χ1) is 12.1. The number of fused-ring (bicyclic) bond motifs is 1. The summed E-state index contributed by atoms with van der Waals surface area (Å²) in [6.45, 7) is 5.71. The molecular formula is C20H27N3O2. The van der Waals surface area contributed by atoms with Crippen LogP contribution in [0.4, 0.5) is 0 Å². The van der Waals surface area contributed by atoms with Gasteiger partial charge in [0.05, 0.1) is 11.1 Å². The van der Waals surface area contributed by atoms with Crippen LogP contribution in [-0.2, 0) is 11.3 Å². The third-order valence-corrected chi connectivity index (χ3v) is 5.23. The minimum absolute atomic E-state index is 0.00132. The molecular weight excluding hydrogens is 314 g/mol. The highest BCUT2D eigenvalue weighted by molar-refractivity contribution is 5.83. The largest absolute Gasteiger partial charge is 0.341 e. The standard InChI is InChI=1S/C20H27N3O2/c1-3-7-16-8-6-12-22(13-11-16)19(24)14-23-20(25)18-10-5-4-9-17(18)15(2)21-23/h4-5,9-10,16H,3,6-8,11-14H2,1-2H3. The number of hydrogen-bond acceptors (Lipinski definition) is 3. The van der Waals surface area contributed by atoms with Gasteiger partial charge in [-0.25, -0.2) is 4.68 Å². The molecule has 0 radical (unpaired) electrons. The number of nitrogens with zero attached hydrogens (tertiary/aromatic N) is 3. The molecule has 1 aromatic carbocycles. The van der Waals surface area contributed by atoms with Gasteiger partial charge in [0.15, 0.2) is 0 Å². The Morgan fingerprint density at radius 2 is 1.96 bits per heavy atom. The van der Waals surface area contributed by atoms with Gasteiger partial charge < -0.3 is 4.90 Å². The van der Waals surface area contributed by atoms with E-state index in [-0.39, 0.29) is 18.0 Å². The fourth-order valence-corrected chi connectivity index (χ4v) is 3.85. The molecule has 1 unspecified atom stereocenters. The average Bonchev–Trinajstić information content (AvgIpc) is 2.85. The summed E-state index contributed by atoms with van der Waals surface area (Å²) in [4.78, 5) is 27.3. The van der Waals surface area contributed by atoms with Crippen LogP contribution in [0.15, 0.2) is 29.1 Å². The Labute approximate surface area is 148 Å². The minimum Gasteiger partial charge on any atom is -0.341 e. The Morgan fingerprint density at radius 3 is 2.72 bits per heavy atom. The molecule has 5 nitrogen and oxygen atoms in total. The van der Waals surface area contributed by atoms with Crippen molar-refractivity contribution in [3.05, 3.63) is 40.3 Å². The summed E-state index contributed by atoms with van der Waals surface area (Å²) in [6, 6.07) is 7.44. The smallest absolute Gasteiger partial charge is 0.275 e. The second-order valence-corrected chi connectivity index (χ2v) is 7.06. The monoisotopic (exact) mass is 341 g/mol. The van der Waals surface area contributed by atoms with Crippen LogP contribution in [0.3, 0.4) is 0 Å². The Balaban J connectivity index is 1.76. The van der Waals surface area contributed by atoms with Gasteiger partial charge in [-0.2, -0.15) is 5.10 Å². The van der Waals surface area contributed by atoms with E-state index in [0.29, 0.717) is 5.39 Å². The molecule has 2 heterocycles. The first-order valence-corrected chi connectivity index (χ1v) is 9.34. The van der Waals surface area contributed by atoms with E-state index in [1.54, 1.807) is 6.07 Å². The van der Waals surface area contributed by atoms with Gasteiger partial charge in [0.2, 0.25) is 5.91 Å². The van der Waals surface area contributed by atoms with E-state index < -0.39 is 0 Å². The minimum atomic E-state index is -0.187. The quantitative estimate of drug-likeness (QED) is 0.858. The molecule has 0 bridgehead atoms. The maximum absolute atomic E-state index is 12.7. The Hall–Kier alpha value is -2.17. The lowest BCUT2D eigenvalue weighted by Gasteiger charge is -2.21. The van der Waals surface area contributed by atoms with Crippen LogP contribution in [0.25, 0.3) is 10.8 Å². The first kappa shape index (κ1) is 17.6. The molecule has 1 amide bonds. The Morgan fingerprint density at radius 1 is 1.20 bits per heavy atom. The summed E-state index contributed by atoms with van der Waals surface area (Å²) < 4.78 is 1.33. The van der Waals surface area contributed by atoms with Crippen LogP contribution >= 0.6 is 0 Å². The van der Waals surface area contributed by atoms with E-state index >= 15 is 0 Å². The molecule has 134 valence electrons. The highest BCUT2D eigenvalue weighted by atomic mass is 16.2. The maximum Gasteiger partial charge on any atom is 0.275 e. The number of likely N-dealkylation sites (tertiary alicyclic amines) is 1. The van der Waals surface area contributed by atoms with Crippen molar-refractivity contribution in [2.24, 2.45) is 5.92 Å². The highest BCUT2D eigenvalue weighted by Gasteiger charge is 2.21. The molecule has 1 saturated heterocycles. The molecule has 1 atom stereocenters. The Bertz CT molecular complexity index is 812. The second-order valence-electron chi connectivity index (χ2n) is 7.06. The van der Waals surface area contributed by atoms with Crippen molar-refractivity contribution in [3.8, 4) is 0 Å². The van der Waals surface area contributed by atoms with Gasteiger partial charge in [-0.3, -0.25) is 9.59 Å². The summed E-state index contributed by atoms with van der Waals surface area (Å²) in [7, 11) is 0. The van der Waals surface area contributed by atoms with Crippen molar-refractivity contribution in [3.63, 3.8) is 0 Å². The molecule has 25 heavy (non-hydrogen) atoms. The molecule has 5 heteroatoms. The molecule has 1 aliphatic rings. The van der Waals surface area contributed by atoms with Crippen LogP contribution in [-0.4, -0.2) is 33.7 Å². The first-order valence-electron chi connectivity index (χ1n) is 9.34. The summed E-state index contributed by atoms with van der Waals surface area (Å²) in [6.07, 6.45) is 5.76. The zero-order valence-electron chi connectivity index (χ0n) is 15.2. The van der Waals surface area contributed by atoms with Crippen molar-refractivity contribution in [1.29, 1.82) is 0 Å². The van der Waals surface area contributed by atoms with Crippen molar-refractivity contribution in [2.45, 2.75) is 52.5 Å². The summed E-state index contributed by atoms with van der Waals surface area (Å²) in [5.74, 6) is 0.730. The van der Waals surface area contributed by atoms with Crippen LogP contribution in [0.1, 0.15) is 44.7 Å². The number of carbonyl (C=O) groups is 1. The number of hydrogen-bond donors (Lipinski definition) is 0. The maximum atomic E-state index is 12.7. The van der Waals surface area contributed by atoms with Crippen molar-refractivity contribution < 1.29 is 4.79 Å². The second kappa shape index (κ2) is 7.81. The van der Waals surface area contributed by atoms with Crippen molar-refractivity contribution in [1.82, 2.24) is 14.7 Å². The lowest BCUT2D eigenvalue weighted by atomic mass is 9.96. The van der Waals surface area contributed by atoms with E-state index in [1.807, 2.05) is 30.0 Å². The van der Waals surface area contributed by atoms with Gasteiger partial charge in [-0.1, -0.05) is 38.0 Å². The molecule has 1 aromatic heterocycles. The number of rotatable bonds is 4. The van der Waals surface area contributed by atoms with E-state index in [9.17, 15) is 9.59 Å². The summed E-state index contributed by atoms with van der Waals surface area (Å²) in [5, 5.41) is 5.84. The van der Waals surface area contributed by atoms with Gasteiger partial charge in [0, 0.05) is 18.5 Å². The number of benzene rings is 1. The number of carbonyl (C=O) groups excluding carboxylic acids is 1. The van der Waals surface area contributed by atoms with Gasteiger partial charge in [0.1, 0.15) is 6.54 Å². The number of aryl methyl sites for hydroxylation is 1. The van der Waals surface area contributed by atoms with Gasteiger partial charge in [-0.15, -0.1) is 0 Å². The topological polar surface area (TPSA) is 55.2 Å². The van der Waals surface area contributed by atoms with Crippen LogP contribution < -0.4 is 5.56 Å². The number of amides is 1. The van der Waals surface area contributed by atoms with Crippen LogP contribution in [0, 0.1) is 12.8 Å². The summed E-state index contributed by atoms with van der Waals surface area (Å²) >= 11 is 0. The third kappa shape index (κ3) is 3.91. The molecule has 2 aromatic rings. The lowest BCUT2D eigenvalue weighted by Crippen LogP contribution is -2.38. The fraction of sp³-hybridized carbons (Fsp3) is 0.550. The van der Waals surface area contributed by atoms with Crippen molar-refractivity contribution >= 4 is 16.7 Å². The highest BCUT2D eigenvalue weighted by Crippen LogP contribution is 2.22. The average molecular weight is 341 g/mol. The zero-order chi connectivity index (χ0) is 17.8. The van der Waals surface area contributed by atoms with Gasteiger partial charge in [0.25, 0.3) is 5.56 Å². The number of aromatic nitrogens is 2. The van der Waals surface area contributed by atoms with Crippen LogP contribution in [0.2, 0.25) is 0 Å². The van der Waals surface area contributed by atoms with Crippen LogP contribution in [0.5, 0.6) is 0 Å². The molecule has 1 fully saturated rings. The summed E-state index contributed by atoms with van der Waals surface area (Å²) in [5.41, 5.74) is 0.593. The molecule has 1 aliphatic heterocycles. The van der Waals surface area contributed by atoms with E-state index in [4.69, 9.17) is 0 Å². The van der Waals surface area contributed by atoms with Gasteiger partial charge in [-0.05, 0) is 38.2 Å².